The first-order chi connectivity index (χ1) is 8.42. The zero-order valence-electron chi connectivity index (χ0n) is 9.73. The molecule has 0 radical (unpaired) electrons. The maximum Gasteiger partial charge on any atom is 0.181 e. The summed E-state index contributed by atoms with van der Waals surface area (Å²) >= 11 is 0. The zero-order chi connectivity index (χ0) is 11.5. The van der Waals surface area contributed by atoms with Crippen LogP contribution >= 0.6 is 0 Å². The molecule has 1 saturated carbocycles. The summed E-state index contributed by atoms with van der Waals surface area (Å²) in [5.41, 5.74) is 2.25. The summed E-state index contributed by atoms with van der Waals surface area (Å²) in [5, 5.41) is 3.47. The molecule has 1 aliphatic carbocycles. The van der Waals surface area contributed by atoms with Gasteiger partial charge in [-0.05, 0) is 43.0 Å². The molecule has 1 heterocycles. The Hall–Kier alpha value is -1.77. The van der Waals surface area contributed by atoms with Crippen LogP contribution < -0.4 is 5.32 Å². The van der Waals surface area contributed by atoms with Crippen LogP contribution in [0, 0.1) is 5.92 Å². The van der Waals surface area contributed by atoms with Crippen LogP contribution in [0.3, 0.4) is 0 Å². The van der Waals surface area contributed by atoms with Crippen molar-refractivity contribution >= 4 is 5.69 Å². The first-order valence-corrected chi connectivity index (χ1v) is 6.14. The molecule has 0 aliphatic heterocycles. The highest BCUT2D eigenvalue weighted by Gasteiger charge is 2.16. The van der Waals surface area contributed by atoms with E-state index in [0.29, 0.717) is 0 Å². The van der Waals surface area contributed by atoms with E-state index in [-0.39, 0.29) is 0 Å². The number of hydrogen-bond donors (Lipinski definition) is 1. The lowest BCUT2D eigenvalue weighted by Crippen LogP contribution is -2.20. The lowest BCUT2D eigenvalue weighted by atomic mass is 9.85. The normalized spacial score (nSPS) is 15.5. The predicted molar refractivity (Wildman–Crippen MR) is 67.8 cm³/mol. The summed E-state index contributed by atoms with van der Waals surface area (Å²) in [6.07, 6.45) is 7.35. The zero-order valence-corrected chi connectivity index (χ0v) is 9.73. The van der Waals surface area contributed by atoms with E-state index in [1.807, 2.05) is 0 Å². The molecule has 1 aromatic heterocycles. The van der Waals surface area contributed by atoms with Gasteiger partial charge in [0.25, 0.3) is 0 Å². The number of aromatic nitrogens is 1. The van der Waals surface area contributed by atoms with E-state index < -0.39 is 0 Å². The molecule has 0 amide bonds. The molecular formula is C14H16N2O. The molecular weight excluding hydrogens is 212 g/mol. The van der Waals surface area contributed by atoms with E-state index >= 15 is 0 Å². The number of nitrogens with one attached hydrogen (secondary N) is 1. The smallest absolute Gasteiger partial charge is 0.181 e. The van der Waals surface area contributed by atoms with Gasteiger partial charge >= 0.3 is 0 Å². The first kappa shape index (κ1) is 10.4. The Morgan fingerprint density at radius 1 is 1.24 bits per heavy atom. The molecule has 1 N–H and O–H groups in total. The Morgan fingerprint density at radius 3 is 2.65 bits per heavy atom. The maximum atomic E-state index is 5.25. The van der Waals surface area contributed by atoms with Gasteiger partial charge in [-0.2, -0.15) is 0 Å². The molecule has 0 saturated heterocycles. The maximum absolute atomic E-state index is 5.25. The van der Waals surface area contributed by atoms with Crippen molar-refractivity contribution in [2.75, 3.05) is 11.9 Å². The number of oxazole rings is 1. The van der Waals surface area contributed by atoms with Crippen LogP contribution in [-0.4, -0.2) is 11.5 Å². The predicted octanol–water partition coefficient (Wildman–Crippen LogP) is 3.55. The van der Waals surface area contributed by atoms with E-state index in [2.05, 4.69) is 34.6 Å². The highest BCUT2D eigenvalue weighted by atomic mass is 16.3. The number of nitrogens with zero attached hydrogens (tertiary/aromatic N) is 1. The van der Waals surface area contributed by atoms with Gasteiger partial charge in [0.1, 0.15) is 0 Å². The number of rotatable bonds is 4. The van der Waals surface area contributed by atoms with Gasteiger partial charge < -0.3 is 9.73 Å². The van der Waals surface area contributed by atoms with Crippen molar-refractivity contribution in [3.63, 3.8) is 0 Å². The van der Waals surface area contributed by atoms with Gasteiger partial charge in [0.05, 0.1) is 6.20 Å². The SMILES string of the molecule is c1ncc(-c2ccc(NCC3CCC3)cc2)o1. The van der Waals surface area contributed by atoms with Crippen molar-refractivity contribution in [3.05, 3.63) is 36.9 Å². The Morgan fingerprint density at radius 2 is 2.06 bits per heavy atom. The number of benzene rings is 1. The molecule has 0 unspecified atom stereocenters. The molecule has 3 nitrogen and oxygen atoms in total. The van der Waals surface area contributed by atoms with Crippen LogP contribution in [0.25, 0.3) is 11.3 Å². The second-order valence-corrected chi connectivity index (χ2v) is 4.62. The van der Waals surface area contributed by atoms with E-state index in [1.165, 1.54) is 31.3 Å². The van der Waals surface area contributed by atoms with Gasteiger partial charge in [0.2, 0.25) is 0 Å². The summed E-state index contributed by atoms with van der Waals surface area (Å²) in [6.45, 7) is 1.10. The van der Waals surface area contributed by atoms with Crippen molar-refractivity contribution in [1.29, 1.82) is 0 Å². The van der Waals surface area contributed by atoms with Gasteiger partial charge in [-0.3, -0.25) is 0 Å². The summed E-state index contributed by atoms with van der Waals surface area (Å²) < 4.78 is 5.25. The Kier molecular flexibility index (Phi) is 2.82. The lowest BCUT2D eigenvalue weighted by Gasteiger charge is -2.25. The summed E-state index contributed by atoms with van der Waals surface area (Å²) in [5.74, 6) is 1.69. The third-order valence-corrected chi connectivity index (χ3v) is 3.42. The number of anilines is 1. The fourth-order valence-electron chi connectivity index (χ4n) is 2.07. The number of hydrogen-bond acceptors (Lipinski definition) is 3. The molecule has 17 heavy (non-hydrogen) atoms. The summed E-state index contributed by atoms with van der Waals surface area (Å²) in [4.78, 5) is 3.92. The molecule has 1 aromatic carbocycles. The minimum Gasteiger partial charge on any atom is -0.444 e. The van der Waals surface area contributed by atoms with Gasteiger partial charge in [-0.15, -0.1) is 0 Å². The van der Waals surface area contributed by atoms with E-state index in [0.717, 1.165) is 23.8 Å². The van der Waals surface area contributed by atoms with Crippen LogP contribution in [0.5, 0.6) is 0 Å². The van der Waals surface area contributed by atoms with Crippen LogP contribution in [0.15, 0.2) is 41.3 Å². The summed E-state index contributed by atoms with van der Waals surface area (Å²) in [6, 6.07) is 8.31. The topological polar surface area (TPSA) is 38.1 Å². The molecule has 1 fully saturated rings. The molecule has 0 spiro atoms. The van der Waals surface area contributed by atoms with E-state index in [1.54, 1.807) is 6.20 Å². The van der Waals surface area contributed by atoms with Gasteiger partial charge in [0.15, 0.2) is 12.2 Å². The third-order valence-electron chi connectivity index (χ3n) is 3.42. The quantitative estimate of drug-likeness (QED) is 0.869. The van der Waals surface area contributed by atoms with E-state index in [4.69, 9.17) is 4.42 Å². The fraction of sp³-hybridized carbons (Fsp3) is 0.357. The van der Waals surface area contributed by atoms with Gasteiger partial charge in [-0.1, -0.05) is 6.42 Å². The van der Waals surface area contributed by atoms with Crippen LogP contribution in [0.2, 0.25) is 0 Å². The molecule has 2 aromatic rings. The highest BCUT2D eigenvalue weighted by Crippen LogP contribution is 2.27. The van der Waals surface area contributed by atoms with Crippen LogP contribution in [0.1, 0.15) is 19.3 Å². The van der Waals surface area contributed by atoms with Crippen molar-refractivity contribution in [2.24, 2.45) is 5.92 Å². The van der Waals surface area contributed by atoms with Crippen molar-refractivity contribution < 1.29 is 4.42 Å². The van der Waals surface area contributed by atoms with Crippen LogP contribution in [0.4, 0.5) is 5.69 Å². The second kappa shape index (κ2) is 4.62. The first-order valence-electron chi connectivity index (χ1n) is 6.14. The highest BCUT2D eigenvalue weighted by molar-refractivity contribution is 5.60. The monoisotopic (exact) mass is 228 g/mol. The second-order valence-electron chi connectivity index (χ2n) is 4.62. The molecule has 3 rings (SSSR count). The third kappa shape index (κ3) is 2.33. The average Bonchev–Trinajstić information content (AvgIpc) is 2.81. The van der Waals surface area contributed by atoms with Crippen LogP contribution in [-0.2, 0) is 0 Å². The average molecular weight is 228 g/mol. The van der Waals surface area contributed by atoms with Crippen molar-refractivity contribution in [1.82, 2.24) is 4.98 Å². The van der Waals surface area contributed by atoms with Gasteiger partial charge in [-0.25, -0.2) is 4.98 Å². The Bertz CT molecular complexity index is 457. The molecule has 88 valence electrons. The molecule has 0 bridgehead atoms. The summed E-state index contributed by atoms with van der Waals surface area (Å²) in [7, 11) is 0. The minimum atomic E-state index is 0.815. The lowest BCUT2D eigenvalue weighted by molar-refractivity contribution is 0.333. The molecule has 1 aliphatic rings. The largest absolute Gasteiger partial charge is 0.444 e. The van der Waals surface area contributed by atoms with E-state index in [9.17, 15) is 0 Å². The Labute approximate surface area is 101 Å². The standard InChI is InChI=1S/C14H16N2O/c1-2-11(3-1)8-16-13-6-4-12(5-7-13)14-9-15-10-17-14/h4-7,9-11,16H,1-3,8H2. The molecule has 0 atom stereocenters. The Balaban J connectivity index is 1.63. The minimum absolute atomic E-state index is 0.815. The van der Waals surface area contributed by atoms with Crippen molar-refractivity contribution in [2.45, 2.75) is 19.3 Å². The van der Waals surface area contributed by atoms with Gasteiger partial charge in [0, 0.05) is 17.8 Å². The molecule has 3 heteroatoms. The fourth-order valence-corrected chi connectivity index (χ4v) is 2.07. The van der Waals surface area contributed by atoms with Crippen molar-refractivity contribution in [3.8, 4) is 11.3 Å².